The third kappa shape index (κ3) is 4.85. The molecule has 0 heterocycles. The minimum absolute atomic E-state index is 0.245. The van der Waals surface area contributed by atoms with Gasteiger partial charge in [-0.3, -0.25) is 0 Å². The second-order valence-electron chi connectivity index (χ2n) is 2.96. The molecule has 1 N–H and O–H groups in total. The second-order valence-corrected chi connectivity index (χ2v) is 4.30. The van der Waals surface area contributed by atoms with Crippen LogP contribution in [0.25, 0.3) is 0 Å². The minimum atomic E-state index is -0.937. The van der Waals surface area contributed by atoms with Crippen molar-refractivity contribution in [3.8, 4) is 0 Å². The first-order valence-corrected chi connectivity index (χ1v) is 5.72. The number of ether oxygens (including phenoxy) is 1. The number of rotatable bonds is 6. The highest BCUT2D eigenvalue weighted by Gasteiger charge is 1.98. The molecule has 3 nitrogen and oxygen atoms in total. The average Bonchev–Trinajstić information content (AvgIpc) is 2.20. The molecule has 0 saturated carbocycles. The van der Waals surface area contributed by atoms with Crippen molar-refractivity contribution < 1.29 is 14.6 Å². The molecule has 0 saturated heterocycles. The molecule has 1 aromatic carbocycles. The van der Waals surface area contributed by atoms with E-state index >= 15 is 0 Å². The predicted octanol–water partition coefficient (Wildman–Crippen LogP) is 2.40. The molecule has 0 aliphatic carbocycles. The first-order chi connectivity index (χ1) is 7.22. The summed E-state index contributed by atoms with van der Waals surface area (Å²) in [5.74, 6) is 0.114. The smallest absolute Gasteiger partial charge is 0.329 e. The largest absolute Gasteiger partial charge is 0.480 e. The van der Waals surface area contributed by atoms with Crippen molar-refractivity contribution in [1.29, 1.82) is 0 Å². The maximum Gasteiger partial charge on any atom is 0.329 e. The SMILES string of the molecule is CCSc1ccc(COCC(=O)O)cc1. The number of hydrogen-bond donors (Lipinski definition) is 1. The van der Waals surface area contributed by atoms with Crippen molar-refractivity contribution in [2.24, 2.45) is 0 Å². The zero-order chi connectivity index (χ0) is 11.1. The highest BCUT2D eigenvalue weighted by atomic mass is 32.2. The molecular formula is C11H14O3S. The minimum Gasteiger partial charge on any atom is -0.480 e. The summed E-state index contributed by atoms with van der Waals surface area (Å²) in [4.78, 5) is 11.4. The average molecular weight is 226 g/mol. The van der Waals surface area contributed by atoms with Crippen LogP contribution in [0.4, 0.5) is 0 Å². The molecule has 0 fully saturated rings. The van der Waals surface area contributed by atoms with E-state index in [2.05, 4.69) is 6.92 Å². The van der Waals surface area contributed by atoms with E-state index in [9.17, 15) is 4.79 Å². The van der Waals surface area contributed by atoms with Gasteiger partial charge in [-0.2, -0.15) is 0 Å². The molecule has 1 rings (SSSR count). The molecule has 0 bridgehead atoms. The van der Waals surface area contributed by atoms with Gasteiger partial charge in [0, 0.05) is 4.90 Å². The third-order valence-corrected chi connectivity index (χ3v) is 2.62. The number of thioether (sulfide) groups is 1. The summed E-state index contributed by atoms with van der Waals surface area (Å²) >= 11 is 1.78. The van der Waals surface area contributed by atoms with Gasteiger partial charge in [0.05, 0.1) is 6.61 Å². The lowest BCUT2D eigenvalue weighted by Gasteiger charge is -2.03. The van der Waals surface area contributed by atoms with Crippen LogP contribution in [-0.2, 0) is 16.1 Å². The van der Waals surface area contributed by atoms with Crippen LogP contribution in [-0.4, -0.2) is 23.4 Å². The van der Waals surface area contributed by atoms with Crippen LogP contribution < -0.4 is 0 Å². The van der Waals surface area contributed by atoms with E-state index in [0.29, 0.717) is 6.61 Å². The van der Waals surface area contributed by atoms with Gasteiger partial charge in [0.1, 0.15) is 6.61 Å². The van der Waals surface area contributed by atoms with Crippen LogP contribution in [0.5, 0.6) is 0 Å². The van der Waals surface area contributed by atoms with Crippen LogP contribution in [0.15, 0.2) is 29.2 Å². The van der Waals surface area contributed by atoms with Gasteiger partial charge in [0.15, 0.2) is 0 Å². The number of carboxylic acid groups (broad SMARTS) is 1. The van der Waals surface area contributed by atoms with Gasteiger partial charge in [-0.25, -0.2) is 4.79 Å². The van der Waals surface area contributed by atoms with E-state index in [1.54, 1.807) is 11.8 Å². The summed E-state index contributed by atoms with van der Waals surface area (Å²) < 4.78 is 4.97. The van der Waals surface area contributed by atoms with E-state index in [1.165, 1.54) is 4.90 Å². The summed E-state index contributed by atoms with van der Waals surface area (Å²) in [5.41, 5.74) is 0.997. The summed E-state index contributed by atoms with van der Waals surface area (Å²) in [6, 6.07) is 7.96. The summed E-state index contributed by atoms with van der Waals surface area (Å²) in [6.45, 7) is 2.21. The van der Waals surface area contributed by atoms with Crippen molar-refractivity contribution in [3.63, 3.8) is 0 Å². The summed E-state index contributed by atoms with van der Waals surface area (Å²) in [7, 11) is 0. The van der Waals surface area contributed by atoms with Gasteiger partial charge in [-0.1, -0.05) is 19.1 Å². The van der Waals surface area contributed by atoms with E-state index in [-0.39, 0.29) is 6.61 Å². The molecular weight excluding hydrogens is 212 g/mol. The lowest BCUT2D eigenvalue weighted by atomic mass is 10.2. The quantitative estimate of drug-likeness (QED) is 0.757. The van der Waals surface area contributed by atoms with Crippen molar-refractivity contribution in [3.05, 3.63) is 29.8 Å². The fraction of sp³-hybridized carbons (Fsp3) is 0.364. The Labute approximate surface area is 93.4 Å². The molecule has 0 amide bonds. The van der Waals surface area contributed by atoms with Crippen molar-refractivity contribution in [2.45, 2.75) is 18.4 Å². The Balaban J connectivity index is 2.39. The Hall–Kier alpha value is -1.00. The van der Waals surface area contributed by atoms with E-state index in [0.717, 1.165) is 11.3 Å². The first-order valence-electron chi connectivity index (χ1n) is 4.73. The third-order valence-electron chi connectivity index (χ3n) is 1.73. The number of benzene rings is 1. The van der Waals surface area contributed by atoms with Gasteiger partial charge in [0.2, 0.25) is 0 Å². The Bertz CT molecular complexity index is 308. The topological polar surface area (TPSA) is 46.5 Å². The van der Waals surface area contributed by atoms with E-state index in [1.807, 2.05) is 24.3 Å². The Morgan fingerprint density at radius 3 is 2.60 bits per heavy atom. The fourth-order valence-electron chi connectivity index (χ4n) is 1.10. The van der Waals surface area contributed by atoms with Crippen LogP contribution in [0.1, 0.15) is 12.5 Å². The lowest BCUT2D eigenvalue weighted by molar-refractivity contribution is -0.142. The normalized spacial score (nSPS) is 10.2. The first kappa shape index (κ1) is 12.1. The molecule has 1 aromatic rings. The zero-order valence-corrected chi connectivity index (χ0v) is 9.42. The molecule has 15 heavy (non-hydrogen) atoms. The van der Waals surface area contributed by atoms with Crippen molar-refractivity contribution in [1.82, 2.24) is 0 Å². The number of aliphatic carboxylic acids is 1. The molecule has 0 unspecified atom stereocenters. The number of carbonyl (C=O) groups is 1. The highest BCUT2D eigenvalue weighted by molar-refractivity contribution is 7.99. The van der Waals surface area contributed by atoms with Gasteiger partial charge in [0.25, 0.3) is 0 Å². The van der Waals surface area contributed by atoms with Gasteiger partial charge < -0.3 is 9.84 Å². The molecule has 0 aliphatic heterocycles. The molecule has 0 spiro atoms. The summed E-state index contributed by atoms with van der Waals surface area (Å²) in [6.07, 6.45) is 0. The van der Waals surface area contributed by atoms with Gasteiger partial charge >= 0.3 is 5.97 Å². The van der Waals surface area contributed by atoms with E-state index < -0.39 is 5.97 Å². The lowest BCUT2D eigenvalue weighted by Crippen LogP contribution is -2.06. The molecule has 82 valence electrons. The Kier molecular flexibility index (Phi) is 5.21. The molecule has 0 atom stereocenters. The van der Waals surface area contributed by atoms with E-state index in [4.69, 9.17) is 9.84 Å². The maximum absolute atomic E-state index is 10.2. The standard InChI is InChI=1S/C11H14O3S/c1-2-15-10-5-3-9(4-6-10)7-14-8-11(12)13/h3-6H,2,7-8H2,1H3,(H,12,13). The van der Waals surface area contributed by atoms with Crippen LogP contribution in [0.2, 0.25) is 0 Å². The predicted molar refractivity (Wildman–Crippen MR) is 60.1 cm³/mol. The van der Waals surface area contributed by atoms with Crippen LogP contribution in [0, 0.1) is 0 Å². The van der Waals surface area contributed by atoms with Gasteiger partial charge in [-0.05, 0) is 23.4 Å². The molecule has 0 aromatic heterocycles. The monoisotopic (exact) mass is 226 g/mol. The fourth-order valence-corrected chi connectivity index (χ4v) is 1.77. The zero-order valence-electron chi connectivity index (χ0n) is 8.60. The number of carboxylic acids is 1. The van der Waals surface area contributed by atoms with Crippen LogP contribution >= 0.6 is 11.8 Å². The highest BCUT2D eigenvalue weighted by Crippen LogP contribution is 2.17. The molecule has 0 radical (unpaired) electrons. The molecule has 4 heteroatoms. The van der Waals surface area contributed by atoms with Crippen molar-refractivity contribution >= 4 is 17.7 Å². The van der Waals surface area contributed by atoms with Gasteiger partial charge in [-0.15, -0.1) is 11.8 Å². The summed E-state index contributed by atoms with van der Waals surface area (Å²) in [5, 5.41) is 8.38. The van der Waals surface area contributed by atoms with Crippen LogP contribution in [0.3, 0.4) is 0 Å². The second kappa shape index (κ2) is 6.48. The Morgan fingerprint density at radius 1 is 1.40 bits per heavy atom. The maximum atomic E-state index is 10.2. The number of hydrogen-bond acceptors (Lipinski definition) is 3. The van der Waals surface area contributed by atoms with Crippen molar-refractivity contribution in [2.75, 3.05) is 12.4 Å². The molecule has 0 aliphatic rings. The Morgan fingerprint density at radius 2 is 2.07 bits per heavy atom.